The maximum atomic E-state index is 11.5. The summed E-state index contributed by atoms with van der Waals surface area (Å²) in [6.45, 7) is 4.19. The lowest BCUT2D eigenvalue weighted by Gasteiger charge is -2.25. The average molecular weight is 352 g/mol. The first kappa shape index (κ1) is 19.2. The summed E-state index contributed by atoms with van der Waals surface area (Å²) in [6.07, 6.45) is 9.78. The average Bonchev–Trinajstić information content (AvgIpc) is 2.66. The summed E-state index contributed by atoms with van der Waals surface area (Å²) < 4.78 is 23.8. The quantitative estimate of drug-likeness (QED) is 0.504. The van der Waals surface area contributed by atoms with Crippen LogP contribution in [0.15, 0.2) is 0 Å². The van der Waals surface area contributed by atoms with Crippen molar-refractivity contribution >= 4 is 38.1 Å². The highest BCUT2D eigenvalue weighted by Crippen LogP contribution is 2.24. The van der Waals surface area contributed by atoms with Gasteiger partial charge in [-0.2, -0.15) is 0 Å². The van der Waals surface area contributed by atoms with Crippen LogP contribution in [-0.4, -0.2) is 35.5 Å². The number of hydrogen-bond donors (Lipinski definition) is 1. The number of hydrogen-bond acceptors (Lipinski definition) is 4. The molecule has 1 heterocycles. The minimum atomic E-state index is -2.87. The number of unbranched alkanes of at least 4 members (excludes halogenated alkanes) is 6. The number of rotatable bonds is 9. The van der Waals surface area contributed by atoms with E-state index in [1.807, 2.05) is 6.92 Å². The minimum Gasteiger partial charge on any atom is -0.365 e. The molecule has 1 fully saturated rings. The maximum Gasteiger partial charge on any atom is 0.152 e. The Hall–Kier alpha value is 0.190. The van der Waals surface area contributed by atoms with Gasteiger partial charge in [0.15, 0.2) is 9.84 Å². The van der Waals surface area contributed by atoms with Gasteiger partial charge < -0.3 is 5.32 Å². The Morgan fingerprint density at radius 2 is 1.81 bits per heavy atom. The third-order valence-corrected chi connectivity index (χ3v) is 7.10. The molecule has 0 aromatic rings. The second-order valence-corrected chi connectivity index (χ2v) is 10.2. The molecule has 1 N–H and O–H groups in total. The van der Waals surface area contributed by atoms with E-state index >= 15 is 0 Å². The smallest absolute Gasteiger partial charge is 0.152 e. The van der Waals surface area contributed by atoms with Crippen LogP contribution in [0.1, 0.15) is 65.2 Å². The van der Waals surface area contributed by atoms with Gasteiger partial charge in [-0.15, -0.1) is 0 Å². The molecule has 1 saturated heterocycles. The lowest BCUT2D eigenvalue weighted by Crippen LogP contribution is -2.45. The van der Waals surface area contributed by atoms with Gasteiger partial charge >= 0.3 is 0 Å². The van der Waals surface area contributed by atoms with Crippen molar-refractivity contribution < 1.29 is 8.42 Å². The minimum absolute atomic E-state index is 0.206. The molecule has 0 bridgehead atoms. The number of thiocarbonyl (C=S) groups is 1. The summed E-state index contributed by atoms with van der Waals surface area (Å²) in [6, 6.07) is 0. The van der Waals surface area contributed by atoms with Gasteiger partial charge in [-0.05, 0) is 19.8 Å². The Kier molecular flexibility index (Phi) is 8.57. The number of nitrogens with one attached hydrogen (secondary N) is 1. The molecular formula is C15H29NO2S3. The molecule has 1 aliphatic rings. The largest absolute Gasteiger partial charge is 0.365 e. The Bertz CT molecular complexity index is 423. The van der Waals surface area contributed by atoms with Crippen molar-refractivity contribution in [3.63, 3.8) is 0 Å². The summed E-state index contributed by atoms with van der Waals surface area (Å²) in [4.78, 5) is 0. The third-order valence-electron chi connectivity index (χ3n) is 3.89. The summed E-state index contributed by atoms with van der Waals surface area (Å²) in [5, 5.41) is 3.24. The van der Waals surface area contributed by atoms with Crippen molar-refractivity contribution in [2.45, 2.75) is 70.8 Å². The first-order valence-electron chi connectivity index (χ1n) is 8.02. The molecule has 124 valence electrons. The van der Waals surface area contributed by atoms with E-state index in [-0.39, 0.29) is 17.0 Å². The maximum absolute atomic E-state index is 11.5. The van der Waals surface area contributed by atoms with Crippen LogP contribution in [0, 0.1) is 0 Å². The van der Waals surface area contributed by atoms with Crippen LogP contribution in [0.2, 0.25) is 0 Å². The van der Waals surface area contributed by atoms with Crippen molar-refractivity contribution in [1.29, 1.82) is 0 Å². The van der Waals surface area contributed by atoms with E-state index in [2.05, 4.69) is 12.2 Å². The normalized spacial score (nSPS) is 24.1. The molecule has 0 amide bonds. The number of sulfone groups is 1. The molecule has 1 aliphatic heterocycles. The Balaban J connectivity index is 2.07. The van der Waals surface area contributed by atoms with Gasteiger partial charge in [-0.25, -0.2) is 8.42 Å². The zero-order valence-corrected chi connectivity index (χ0v) is 15.8. The lowest BCUT2D eigenvalue weighted by atomic mass is 10.0. The highest BCUT2D eigenvalue weighted by Gasteiger charge is 2.38. The third kappa shape index (κ3) is 8.41. The zero-order valence-electron chi connectivity index (χ0n) is 13.3. The van der Waals surface area contributed by atoms with Gasteiger partial charge in [0, 0.05) is 5.75 Å². The molecule has 1 unspecified atom stereocenters. The van der Waals surface area contributed by atoms with E-state index in [9.17, 15) is 8.42 Å². The standard InChI is InChI=1S/C15H29NO2S3/c1-3-4-5-6-7-8-9-11-20-14(19)16-15(2)10-12-21(17,18)13-15/h3-13H2,1-2H3,(H,16,19). The van der Waals surface area contributed by atoms with Gasteiger partial charge in [0.2, 0.25) is 0 Å². The van der Waals surface area contributed by atoms with Gasteiger partial charge in [0.1, 0.15) is 4.32 Å². The molecule has 0 saturated carbocycles. The molecular weight excluding hydrogens is 322 g/mol. The fourth-order valence-electron chi connectivity index (χ4n) is 2.62. The van der Waals surface area contributed by atoms with Gasteiger partial charge in [-0.1, -0.05) is 69.4 Å². The Morgan fingerprint density at radius 1 is 1.19 bits per heavy atom. The highest BCUT2D eigenvalue weighted by atomic mass is 32.2. The van der Waals surface area contributed by atoms with Crippen LogP contribution >= 0.6 is 24.0 Å². The summed E-state index contributed by atoms with van der Waals surface area (Å²) in [7, 11) is -2.87. The van der Waals surface area contributed by atoms with Crippen LogP contribution in [-0.2, 0) is 9.84 Å². The summed E-state index contributed by atoms with van der Waals surface area (Å²) >= 11 is 6.99. The van der Waals surface area contributed by atoms with Crippen LogP contribution in [0.25, 0.3) is 0 Å². The lowest BCUT2D eigenvalue weighted by molar-refractivity contribution is 0.477. The van der Waals surface area contributed by atoms with Gasteiger partial charge in [0.05, 0.1) is 17.0 Å². The topological polar surface area (TPSA) is 46.2 Å². The van der Waals surface area contributed by atoms with Gasteiger partial charge in [-0.3, -0.25) is 0 Å². The first-order chi connectivity index (χ1) is 9.87. The molecule has 6 heteroatoms. The predicted molar refractivity (Wildman–Crippen MR) is 97.9 cm³/mol. The van der Waals surface area contributed by atoms with Crippen molar-refractivity contribution in [2.75, 3.05) is 17.3 Å². The van der Waals surface area contributed by atoms with E-state index in [0.717, 1.165) is 10.1 Å². The zero-order chi connectivity index (χ0) is 15.8. The van der Waals surface area contributed by atoms with Crippen molar-refractivity contribution in [1.82, 2.24) is 5.32 Å². The Morgan fingerprint density at radius 3 is 2.38 bits per heavy atom. The number of thioether (sulfide) groups is 1. The van der Waals surface area contributed by atoms with Gasteiger partial charge in [0.25, 0.3) is 0 Å². The SMILES string of the molecule is CCCCCCCCCSC(=S)NC1(C)CCS(=O)(=O)C1. The van der Waals surface area contributed by atoms with Crippen molar-refractivity contribution in [3.8, 4) is 0 Å². The highest BCUT2D eigenvalue weighted by molar-refractivity contribution is 8.22. The molecule has 21 heavy (non-hydrogen) atoms. The molecule has 1 atom stereocenters. The fourth-order valence-corrected chi connectivity index (χ4v) is 6.06. The first-order valence-corrected chi connectivity index (χ1v) is 11.2. The summed E-state index contributed by atoms with van der Waals surface area (Å²) in [5.41, 5.74) is -0.358. The second kappa shape index (κ2) is 9.36. The predicted octanol–water partition coefficient (Wildman–Crippen LogP) is 3.92. The summed E-state index contributed by atoms with van der Waals surface area (Å²) in [5.74, 6) is 1.52. The molecule has 0 spiro atoms. The van der Waals surface area contributed by atoms with Crippen LogP contribution in [0.3, 0.4) is 0 Å². The van der Waals surface area contributed by atoms with E-state index in [1.165, 1.54) is 44.9 Å². The van der Waals surface area contributed by atoms with E-state index in [0.29, 0.717) is 6.42 Å². The fraction of sp³-hybridized carbons (Fsp3) is 0.933. The van der Waals surface area contributed by atoms with Crippen LogP contribution < -0.4 is 5.32 Å². The molecule has 0 aromatic carbocycles. The van der Waals surface area contributed by atoms with E-state index in [4.69, 9.17) is 12.2 Å². The molecule has 0 aliphatic carbocycles. The Labute approximate surface area is 139 Å². The molecule has 3 nitrogen and oxygen atoms in total. The van der Waals surface area contributed by atoms with Crippen LogP contribution in [0.4, 0.5) is 0 Å². The van der Waals surface area contributed by atoms with Crippen molar-refractivity contribution in [3.05, 3.63) is 0 Å². The molecule has 0 aromatic heterocycles. The monoisotopic (exact) mass is 351 g/mol. The van der Waals surface area contributed by atoms with Crippen molar-refractivity contribution in [2.24, 2.45) is 0 Å². The molecule has 1 rings (SSSR count). The second-order valence-electron chi connectivity index (χ2n) is 6.28. The van der Waals surface area contributed by atoms with E-state index < -0.39 is 9.84 Å². The van der Waals surface area contributed by atoms with Crippen LogP contribution in [0.5, 0.6) is 0 Å². The van der Waals surface area contributed by atoms with E-state index in [1.54, 1.807) is 11.8 Å². The molecule has 0 radical (unpaired) electrons.